The summed E-state index contributed by atoms with van der Waals surface area (Å²) >= 11 is 0. The van der Waals surface area contributed by atoms with Crippen LogP contribution in [0.4, 0.5) is 11.4 Å². The van der Waals surface area contributed by atoms with Crippen molar-refractivity contribution in [3.8, 4) is 0 Å². The van der Waals surface area contributed by atoms with Crippen LogP contribution in [0.3, 0.4) is 0 Å². The average Bonchev–Trinajstić information content (AvgIpc) is 3.28. The molecular weight excluding hydrogens is 448 g/mol. The van der Waals surface area contributed by atoms with Gasteiger partial charge in [-0.1, -0.05) is 90.5 Å². The lowest BCUT2D eigenvalue weighted by Crippen LogP contribution is -2.19. The number of nitrogens with one attached hydrogen (secondary N) is 2. The molecule has 0 aliphatic carbocycles. The first-order valence-corrected chi connectivity index (χ1v) is 11.9. The van der Waals surface area contributed by atoms with Crippen molar-refractivity contribution in [3.05, 3.63) is 132 Å². The van der Waals surface area contributed by atoms with Crippen LogP contribution in [0.15, 0.2) is 114 Å². The maximum Gasteiger partial charge on any atom is 0.293 e. The fraction of sp³-hybridized carbons (Fsp3) is 0.0968. The van der Waals surface area contributed by atoms with Crippen LogP contribution in [0.2, 0.25) is 0 Å². The summed E-state index contributed by atoms with van der Waals surface area (Å²) in [5.74, 6) is -0.687. The quantitative estimate of drug-likeness (QED) is 0.263. The van der Waals surface area contributed by atoms with E-state index in [1.54, 1.807) is 6.07 Å². The number of carbonyl (C=O) groups is 2. The molecule has 5 aromatic rings. The van der Waals surface area contributed by atoms with Crippen LogP contribution in [-0.2, 0) is 4.79 Å². The molecule has 2 amide bonds. The molecule has 0 aliphatic heterocycles. The molecule has 0 aliphatic rings. The molecule has 4 aromatic carbocycles. The van der Waals surface area contributed by atoms with Crippen molar-refractivity contribution in [1.82, 2.24) is 0 Å². The van der Waals surface area contributed by atoms with Gasteiger partial charge in [-0.2, -0.15) is 0 Å². The number of hydrogen-bond donors (Lipinski definition) is 2. The van der Waals surface area contributed by atoms with E-state index < -0.39 is 5.91 Å². The highest BCUT2D eigenvalue weighted by Gasteiger charge is 2.24. The van der Waals surface area contributed by atoms with Crippen LogP contribution < -0.4 is 10.6 Å². The summed E-state index contributed by atoms with van der Waals surface area (Å²) in [4.78, 5) is 26.6. The molecule has 0 atom stereocenters. The Labute approximate surface area is 209 Å². The predicted octanol–water partition coefficient (Wildman–Crippen LogP) is 7.15. The van der Waals surface area contributed by atoms with Gasteiger partial charge in [-0.25, -0.2) is 0 Å². The number of benzene rings is 4. The highest BCUT2D eigenvalue weighted by molar-refractivity contribution is 6.14. The van der Waals surface area contributed by atoms with Crippen molar-refractivity contribution in [1.29, 1.82) is 0 Å². The molecule has 36 heavy (non-hydrogen) atoms. The molecule has 2 N–H and O–H groups in total. The fourth-order valence-electron chi connectivity index (χ4n) is 4.33. The van der Waals surface area contributed by atoms with E-state index >= 15 is 0 Å². The summed E-state index contributed by atoms with van der Waals surface area (Å²) < 4.78 is 5.91. The largest absolute Gasteiger partial charge is 0.449 e. The number of para-hydroxylation sites is 1. The van der Waals surface area contributed by atoms with Crippen LogP contribution >= 0.6 is 0 Å². The molecule has 0 saturated heterocycles. The Morgan fingerprint density at radius 3 is 1.94 bits per heavy atom. The van der Waals surface area contributed by atoms with Gasteiger partial charge in [0.25, 0.3) is 5.91 Å². The zero-order valence-corrected chi connectivity index (χ0v) is 19.9. The highest BCUT2D eigenvalue weighted by atomic mass is 16.3. The van der Waals surface area contributed by atoms with E-state index in [9.17, 15) is 9.59 Å². The van der Waals surface area contributed by atoms with Gasteiger partial charge in [0.05, 0.1) is 0 Å². The minimum absolute atomic E-state index is 0.0705. The lowest BCUT2D eigenvalue weighted by molar-refractivity contribution is -0.116. The molecule has 178 valence electrons. The molecule has 0 bridgehead atoms. The smallest absolute Gasteiger partial charge is 0.293 e. The standard InChI is InChI=1S/C31H26N2O3/c1-21-16-18-24(19-17-21)32-31(35)30-29(25-14-8-9-15-27(25)36-30)33-28(34)20-26(22-10-4-2-5-11-22)23-12-6-3-7-13-23/h2-19,26H,20H2,1H3,(H,32,35)(H,33,34). The summed E-state index contributed by atoms with van der Waals surface area (Å²) in [7, 11) is 0. The number of carbonyl (C=O) groups excluding carboxylic acids is 2. The molecular formula is C31H26N2O3. The molecule has 0 spiro atoms. The topological polar surface area (TPSA) is 71.3 Å². The maximum absolute atomic E-state index is 13.4. The number of fused-ring (bicyclic) bond motifs is 1. The van der Waals surface area contributed by atoms with Crippen molar-refractivity contribution in [2.45, 2.75) is 19.3 Å². The van der Waals surface area contributed by atoms with E-state index in [0.29, 0.717) is 22.3 Å². The van der Waals surface area contributed by atoms with Gasteiger partial charge in [0, 0.05) is 23.4 Å². The fourth-order valence-corrected chi connectivity index (χ4v) is 4.33. The number of anilines is 2. The molecule has 5 heteroatoms. The van der Waals surface area contributed by atoms with Gasteiger partial charge in [0.1, 0.15) is 11.3 Å². The Hall–Kier alpha value is -4.64. The molecule has 1 heterocycles. The lowest BCUT2D eigenvalue weighted by Gasteiger charge is -2.18. The Balaban J connectivity index is 1.44. The highest BCUT2D eigenvalue weighted by Crippen LogP contribution is 2.33. The predicted molar refractivity (Wildman–Crippen MR) is 143 cm³/mol. The summed E-state index contributed by atoms with van der Waals surface area (Å²) in [5, 5.41) is 6.53. The lowest BCUT2D eigenvalue weighted by atomic mass is 9.88. The van der Waals surface area contributed by atoms with Crippen molar-refractivity contribution >= 4 is 34.2 Å². The van der Waals surface area contributed by atoms with Crippen molar-refractivity contribution in [3.63, 3.8) is 0 Å². The average molecular weight is 475 g/mol. The second-order valence-corrected chi connectivity index (χ2v) is 8.75. The number of amides is 2. The maximum atomic E-state index is 13.4. The minimum atomic E-state index is -0.423. The molecule has 1 aromatic heterocycles. The third-order valence-electron chi connectivity index (χ3n) is 6.17. The summed E-state index contributed by atoms with van der Waals surface area (Å²) in [6.07, 6.45) is 0.215. The third kappa shape index (κ3) is 5.05. The van der Waals surface area contributed by atoms with Gasteiger partial charge < -0.3 is 15.1 Å². The number of rotatable bonds is 7. The zero-order valence-electron chi connectivity index (χ0n) is 19.9. The summed E-state index contributed by atoms with van der Waals surface area (Å²) in [6.45, 7) is 1.98. The SMILES string of the molecule is Cc1ccc(NC(=O)c2oc3ccccc3c2NC(=O)CC(c2ccccc2)c2ccccc2)cc1. The number of hydrogen-bond acceptors (Lipinski definition) is 3. The molecule has 0 fully saturated rings. The molecule has 0 radical (unpaired) electrons. The third-order valence-corrected chi connectivity index (χ3v) is 6.17. The number of furan rings is 1. The van der Waals surface area contributed by atoms with Gasteiger partial charge in [0.15, 0.2) is 0 Å². The van der Waals surface area contributed by atoms with Crippen LogP contribution in [0.5, 0.6) is 0 Å². The van der Waals surface area contributed by atoms with Gasteiger partial charge >= 0.3 is 0 Å². The second-order valence-electron chi connectivity index (χ2n) is 8.75. The first-order chi connectivity index (χ1) is 17.6. The van der Waals surface area contributed by atoms with Crippen molar-refractivity contribution in [2.24, 2.45) is 0 Å². The minimum Gasteiger partial charge on any atom is -0.449 e. The van der Waals surface area contributed by atoms with Gasteiger partial charge in [-0.15, -0.1) is 0 Å². The number of aryl methyl sites for hydroxylation is 1. The molecule has 0 unspecified atom stereocenters. The molecule has 5 rings (SSSR count). The normalized spacial score (nSPS) is 10.9. The van der Waals surface area contributed by atoms with Gasteiger partial charge in [0.2, 0.25) is 11.7 Å². The van der Waals surface area contributed by atoms with Gasteiger partial charge in [-0.3, -0.25) is 9.59 Å². The van der Waals surface area contributed by atoms with E-state index in [1.807, 2.05) is 110 Å². The van der Waals surface area contributed by atoms with Crippen LogP contribution in [0.25, 0.3) is 11.0 Å². The van der Waals surface area contributed by atoms with Crippen molar-refractivity contribution < 1.29 is 14.0 Å². The Morgan fingerprint density at radius 2 is 1.31 bits per heavy atom. The summed E-state index contributed by atoms with van der Waals surface area (Å²) in [5.41, 5.74) is 4.75. The Morgan fingerprint density at radius 1 is 0.722 bits per heavy atom. The van der Waals surface area contributed by atoms with E-state index in [4.69, 9.17) is 4.42 Å². The van der Waals surface area contributed by atoms with Crippen LogP contribution in [0, 0.1) is 6.92 Å². The second kappa shape index (κ2) is 10.3. The first-order valence-electron chi connectivity index (χ1n) is 11.9. The first kappa shape index (κ1) is 23.1. The van der Waals surface area contributed by atoms with Crippen LogP contribution in [0.1, 0.15) is 39.6 Å². The van der Waals surface area contributed by atoms with E-state index in [1.165, 1.54) is 0 Å². The molecule has 5 nitrogen and oxygen atoms in total. The zero-order chi connectivity index (χ0) is 24.9. The Bertz CT molecular complexity index is 1450. The Kier molecular flexibility index (Phi) is 6.63. The van der Waals surface area contributed by atoms with Crippen LogP contribution in [-0.4, -0.2) is 11.8 Å². The van der Waals surface area contributed by atoms with E-state index in [-0.39, 0.29) is 24.0 Å². The van der Waals surface area contributed by atoms with E-state index in [2.05, 4.69) is 10.6 Å². The van der Waals surface area contributed by atoms with Crippen molar-refractivity contribution in [2.75, 3.05) is 10.6 Å². The van der Waals surface area contributed by atoms with Gasteiger partial charge in [-0.05, 0) is 42.3 Å². The summed E-state index contributed by atoms with van der Waals surface area (Å²) in [6, 6.07) is 34.7. The van der Waals surface area contributed by atoms with E-state index in [0.717, 1.165) is 16.7 Å². The molecule has 0 saturated carbocycles. The monoisotopic (exact) mass is 474 g/mol.